The number of nitrogens with zero attached hydrogens (tertiary/aromatic N) is 3. The summed E-state index contributed by atoms with van der Waals surface area (Å²) in [4.78, 5) is 4.60. The highest BCUT2D eigenvalue weighted by atomic mass is 79.9. The average Bonchev–Trinajstić information content (AvgIpc) is 2.62. The smallest absolute Gasteiger partial charge is 0.0738 e. The Morgan fingerprint density at radius 2 is 2.05 bits per heavy atom. The molecule has 0 bridgehead atoms. The van der Waals surface area contributed by atoms with Gasteiger partial charge in [0.15, 0.2) is 0 Å². The molecule has 1 N–H and O–H groups in total. The molecule has 2 rings (SSSR count). The van der Waals surface area contributed by atoms with Gasteiger partial charge in [-0.3, -0.25) is 9.67 Å². The Hall–Kier alpha value is -1.20. The summed E-state index contributed by atoms with van der Waals surface area (Å²) in [5.74, 6) is 0. The van der Waals surface area contributed by atoms with Crippen LogP contribution in [0.2, 0.25) is 0 Å². The van der Waals surface area contributed by atoms with Gasteiger partial charge in [0.25, 0.3) is 0 Å². The predicted octanol–water partition coefficient (Wildman–Crippen LogP) is 3.01. The third-order valence-electron chi connectivity index (χ3n) is 3.59. The van der Waals surface area contributed by atoms with Crippen molar-refractivity contribution in [1.82, 2.24) is 20.1 Å². The molecule has 2 aromatic heterocycles. The van der Waals surface area contributed by atoms with Crippen molar-refractivity contribution >= 4 is 15.9 Å². The van der Waals surface area contributed by atoms with E-state index in [-0.39, 0.29) is 6.04 Å². The normalized spacial score (nSPS) is 12.7. The Labute approximate surface area is 128 Å². The van der Waals surface area contributed by atoms with Crippen LogP contribution in [0.25, 0.3) is 0 Å². The Morgan fingerprint density at radius 1 is 1.35 bits per heavy atom. The first-order valence-corrected chi connectivity index (χ1v) is 7.51. The second-order valence-corrected chi connectivity index (χ2v) is 6.02. The second-order valence-electron chi connectivity index (χ2n) is 5.23. The molecule has 5 heteroatoms. The first kappa shape index (κ1) is 15.2. The third kappa shape index (κ3) is 2.94. The molecule has 108 valence electrons. The topological polar surface area (TPSA) is 42.7 Å². The summed E-state index contributed by atoms with van der Waals surface area (Å²) in [7, 11) is 3.96. The number of likely N-dealkylation sites (N-methyl/N-ethyl adjacent to an activating group) is 1. The molecule has 0 fully saturated rings. The van der Waals surface area contributed by atoms with E-state index in [1.807, 2.05) is 31.9 Å². The van der Waals surface area contributed by atoms with E-state index in [9.17, 15) is 0 Å². The Kier molecular flexibility index (Phi) is 4.60. The van der Waals surface area contributed by atoms with Gasteiger partial charge in [-0.25, -0.2) is 0 Å². The van der Waals surface area contributed by atoms with Gasteiger partial charge in [-0.2, -0.15) is 5.10 Å². The maximum Gasteiger partial charge on any atom is 0.0738 e. The minimum atomic E-state index is 0.182. The predicted molar refractivity (Wildman–Crippen MR) is 84.9 cm³/mol. The van der Waals surface area contributed by atoms with E-state index in [0.717, 1.165) is 22.3 Å². The summed E-state index contributed by atoms with van der Waals surface area (Å²) >= 11 is 3.63. The SMILES string of the molecule is CNC(Cc1c(Br)c(C)nn1C)c1ncc(C)cc1C. The van der Waals surface area contributed by atoms with E-state index in [1.165, 1.54) is 16.8 Å². The van der Waals surface area contributed by atoms with Gasteiger partial charge in [-0.1, -0.05) is 6.07 Å². The molecule has 0 aliphatic carbocycles. The van der Waals surface area contributed by atoms with Crippen LogP contribution < -0.4 is 5.32 Å². The van der Waals surface area contributed by atoms with Gasteiger partial charge >= 0.3 is 0 Å². The molecule has 20 heavy (non-hydrogen) atoms. The van der Waals surface area contributed by atoms with E-state index < -0.39 is 0 Å². The zero-order chi connectivity index (χ0) is 14.9. The Morgan fingerprint density at radius 3 is 2.55 bits per heavy atom. The van der Waals surface area contributed by atoms with Gasteiger partial charge in [-0.05, 0) is 54.9 Å². The fourth-order valence-electron chi connectivity index (χ4n) is 2.52. The van der Waals surface area contributed by atoms with Crippen LogP contribution in [-0.4, -0.2) is 21.8 Å². The van der Waals surface area contributed by atoms with Crippen molar-refractivity contribution in [2.24, 2.45) is 7.05 Å². The maximum absolute atomic E-state index is 4.60. The van der Waals surface area contributed by atoms with Gasteiger partial charge < -0.3 is 5.32 Å². The van der Waals surface area contributed by atoms with E-state index in [0.29, 0.717) is 0 Å². The molecule has 2 heterocycles. The highest BCUT2D eigenvalue weighted by Gasteiger charge is 2.19. The largest absolute Gasteiger partial charge is 0.311 e. The highest BCUT2D eigenvalue weighted by molar-refractivity contribution is 9.10. The van der Waals surface area contributed by atoms with Crippen molar-refractivity contribution < 1.29 is 0 Å². The van der Waals surface area contributed by atoms with Gasteiger partial charge in [0.05, 0.1) is 27.6 Å². The molecule has 0 radical (unpaired) electrons. The molecule has 0 saturated carbocycles. The molecule has 0 saturated heterocycles. The number of rotatable bonds is 4. The number of pyridine rings is 1. The maximum atomic E-state index is 4.60. The van der Waals surface area contributed by atoms with Gasteiger partial charge in [0, 0.05) is 19.7 Å². The number of hydrogen-bond acceptors (Lipinski definition) is 3. The van der Waals surface area contributed by atoms with Crippen molar-refractivity contribution in [3.05, 3.63) is 44.9 Å². The van der Waals surface area contributed by atoms with E-state index >= 15 is 0 Å². The summed E-state index contributed by atoms with van der Waals surface area (Å²) in [6.07, 6.45) is 2.78. The monoisotopic (exact) mass is 336 g/mol. The molecule has 0 amide bonds. The molecule has 2 aromatic rings. The number of halogens is 1. The molecule has 0 aliphatic rings. The highest BCUT2D eigenvalue weighted by Crippen LogP contribution is 2.26. The summed E-state index contributed by atoms with van der Waals surface area (Å²) < 4.78 is 3.03. The van der Waals surface area contributed by atoms with Crippen molar-refractivity contribution in [3.63, 3.8) is 0 Å². The summed E-state index contributed by atoms with van der Waals surface area (Å²) in [5, 5.41) is 7.82. The van der Waals surface area contributed by atoms with Crippen LogP contribution in [0.4, 0.5) is 0 Å². The lowest BCUT2D eigenvalue weighted by atomic mass is 10.0. The van der Waals surface area contributed by atoms with Crippen LogP contribution in [0.5, 0.6) is 0 Å². The average molecular weight is 337 g/mol. The first-order valence-electron chi connectivity index (χ1n) is 6.72. The van der Waals surface area contributed by atoms with Gasteiger partial charge in [-0.15, -0.1) is 0 Å². The molecule has 0 aliphatic heterocycles. The molecule has 4 nitrogen and oxygen atoms in total. The minimum Gasteiger partial charge on any atom is -0.311 e. The second kappa shape index (κ2) is 6.06. The fraction of sp³-hybridized carbons (Fsp3) is 0.467. The lowest BCUT2D eigenvalue weighted by molar-refractivity contribution is 0.545. The summed E-state index contributed by atoms with van der Waals surface area (Å²) in [6, 6.07) is 2.36. The van der Waals surface area contributed by atoms with E-state index in [1.54, 1.807) is 0 Å². The fourth-order valence-corrected chi connectivity index (χ4v) is 3.02. The van der Waals surface area contributed by atoms with Crippen molar-refractivity contribution in [1.29, 1.82) is 0 Å². The van der Waals surface area contributed by atoms with Crippen LogP contribution in [-0.2, 0) is 13.5 Å². The molecule has 1 atom stereocenters. The summed E-state index contributed by atoms with van der Waals surface area (Å²) in [5.41, 5.74) is 5.72. The van der Waals surface area contributed by atoms with Gasteiger partial charge in [0.1, 0.15) is 0 Å². The number of aromatic nitrogens is 3. The van der Waals surface area contributed by atoms with Gasteiger partial charge in [0.2, 0.25) is 0 Å². The Bertz CT molecular complexity index is 619. The lowest BCUT2D eigenvalue weighted by Crippen LogP contribution is -2.22. The van der Waals surface area contributed by atoms with Crippen LogP contribution in [0.3, 0.4) is 0 Å². The standard InChI is InChI=1S/C15H21BrN4/c1-9-6-10(2)15(18-8-9)12(17-4)7-13-14(16)11(3)19-20(13)5/h6,8,12,17H,7H2,1-5H3. The van der Waals surface area contributed by atoms with Crippen LogP contribution in [0.1, 0.15) is 34.3 Å². The Balaban J connectivity index is 2.33. The minimum absolute atomic E-state index is 0.182. The van der Waals surface area contributed by atoms with E-state index in [4.69, 9.17) is 0 Å². The zero-order valence-electron chi connectivity index (χ0n) is 12.7. The first-order chi connectivity index (χ1) is 9.43. The number of aryl methyl sites for hydroxylation is 4. The van der Waals surface area contributed by atoms with E-state index in [2.05, 4.69) is 51.2 Å². The van der Waals surface area contributed by atoms with Crippen molar-refractivity contribution in [2.75, 3.05) is 7.05 Å². The molecular formula is C15H21BrN4. The third-order valence-corrected chi connectivity index (χ3v) is 4.62. The summed E-state index contributed by atoms with van der Waals surface area (Å²) in [6.45, 7) is 6.19. The number of nitrogens with one attached hydrogen (secondary N) is 1. The van der Waals surface area contributed by atoms with Crippen molar-refractivity contribution in [2.45, 2.75) is 33.2 Å². The van der Waals surface area contributed by atoms with Crippen LogP contribution in [0.15, 0.2) is 16.7 Å². The molecule has 0 spiro atoms. The van der Waals surface area contributed by atoms with Crippen LogP contribution in [0, 0.1) is 20.8 Å². The van der Waals surface area contributed by atoms with Crippen molar-refractivity contribution in [3.8, 4) is 0 Å². The lowest BCUT2D eigenvalue weighted by Gasteiger charge is -2.18. The molecular weight excluding hydrogens is 316 g/mol. The number of hydrogen-bond donors (Lipinski definition) is 1. The quantitative estimate of drug-likeness (QED) is 0.933. The molecule has 0 aromatic carbocycles. The molecule has 1 unspecified atom stereocenters. The van der Waals surface area contributed by atoms with Crippen LogP contribution >= 0.6 is 15.9 Å². The zero-order valence-corrected chi connectivity index (χ0v) is 14.2.